The third-order valence-corrected chi connectivity index (χ3v) is 4.36. The van der Waals surface area contributed by atoms with Crippen LogP contribution in [-0.2, 0) is 16.0 Å². The summed E-state index contributed by atoms with van der Waals surface area (Å²) in [5, 5.41) is 3.40. The summed E-state index contributed by atoms with van der Waals surface area (Å²) in [6, 6.07) is 7.34. The summed E-state index contributed by atoms with van der Waals surface area (Å²) in [7, 11) is 0. The number of nitrogens with one attached hydrogen (secondary N) is 1. The predicted octanol–water partition coefficient (Wildman–Crippen LogP) is 5.16. The summed E-state index contributed by atoms with van der Waals surface area (Å²) in [5.74, 6) is -0.271. The van der Waals surface area contributed by atoms with Crippen molar-refractivity contribution in [3.05, 3.63) is 48.0 Å². The highest BCUT2D eigenvalue weighted by Crippen LogP contribution is 2.16. The molecule has 0 radical (unpaired) electrons. The summed E-state index contributed by atoms with van der Waals surface area (Å²) in [5.41, 5.74) is 6.64. The Bertz CT molecular complexity index is 602. The minimum absolute atomic E-state index is 0.172. The second-order valence-corrected chi connectivity index (χ2v) is 6.80. The molecule has 0 spiro atoms. The van der Waals surface area contributed by atoms with Gasteiger partial charge in [-0.1, -0.05) is 52.8 Å². The number of aldehydes is 1. The second kappa shape index (κ2) is 25.8. The van der Waals surface area contributed by atoms with Crippen LogP contribution in [0.5, 0.6) is 0 Å². The van der Waals surface area contributed by atoms with E-state index in [0.29, 0.717) is 18.0 Å². The minimum atomic E-state index is -0.443. The molecule has 1 aliphatic heterocycles. The van der Waals surface area contributed by atoms with Crippen LogP contribution < -0.4 is 11.1 Å². The van der Waals surface area contributed by atoms with Crippen molar-refractivity contribution in [1.82, 2.24) is 10.2 Å². The summed E-state index contributed by atoms with van der Waals surface area (Å²) in [4.78, 5) is 34.7. The van der Waals surface area contributed by atoms with E-state index in [2.05, 4.69) is 23.7 Å². The molecule has 1 fully saturated rings. The fourth-order valence-electron chi connectivity index (χ4n) is 3.13. The van der Waals surface area contributed by atoms with Gasteiger partial charge in [0.15, 0.2) is 0 Å². The third kappa shape index (κ3) is 17.7. The predicted molar refractivity (Wildman–Crippen MR) is 141 cm³/mol. The normalized spacial score (nSPS) is 13.8. The van der Waals surface area contributed by atoms with Crippen LogP contribution in [0.3, 0.4) is 0 Å². The van der Waals surface area contributed by atoms with E-state index in [1.807, 2.05) is 46.8 Å². The molecule has 1 heterocycles. The first-order valence-corrected chi connectivity index (χ1v) is 12.3. The topological polar surface area (TPSA) is 92.5 Å². The maximum Gasteiger partial charge on any atom is 0.248 e. The number of hydrogen-bond donors (Lipinski definition) is 2. The molecule has 1 aromatic carbocycles. The van der Waals surface area contributed by atoms with Gasteiger partial charge in [0.25, 0.3) is 0 Å². The van der Waals surface area contributed by atoms with E-state index in [1.54, 1.807) is 18.2 Å². The number of benzene rings is 1. The van der Waals surface area contributed by atoms with Crippen molar-refractivity contribution >= 4 is 18.1 Å². The number of rotatable bonds is 6. The smallest absolute Gasteiger partial charge is 0.248 e. The van der Waals surface area contributed by atoms with Crippen LogP contribution in [0.4, 0.5) is 0 Å². The molecule has 6 heteroatoms. The molecule has 190 valence electrons. The standard InChI is InChI=1S/C18H27N3O2.C3H6.C2H4O.2C2H6/c1-2-12-21(16-4-3-10-20-11-9-16)17(22)13-14-5-7-15(8-6-14)18(19)23;1-3-2;1-2-3;2*1-2/h5-8,16,20H,2-4,9-13H2,1H3,(H2,19,23);3H,1H2,2H3;2H,1H3;2*1-2H3. The van der Waals surface area contributed by atoms with Crippen molar-refractivity contribution in [2.45, 2.75) is 86.6 Å². The lowest BCUT2D eigenvalue weighted by Crippen LogP contribution is -2.42. The molecule has 2 rings (SSSR count). The number of amides is 2. The lowest BCUT2D eigenvalue weighted by molar-refractivity contribution is -0.133. The van der Waals surface area contributed by atoms with Crippen LogP contribution in [-0.4, -0.2) is 48.7 Å². The maximum atomic E-state index is 12.7. The lowest BCUT2D eigenvalue weighted by atomic mass is 10.0. The van der Waals surface area contributed by atoms with Gasteiger partial charge in [0.05, 0.1) is 6.42 Å². The quantitative estimate of drug-likeness (QED) is 0.450. The second-order valence-electron chi connectivity index (χ2n) is 6.80. The average molecular weight is 464 g/mol. The Hall–Kier alpha value is -2.47. The van der Waals surface area contributed by atoms with Gasteiger partial charge >= 0.3 is 0 Å². The molecule has 2 amide bonds. The van der Waals surface area contributed by atoms with E-state index < -0.39 is 5.91 Å². The van der Waals surface area contributed by atoms with Crippen LogP contribution in [0.15, 0.2) is 36.9 Å². The molecule has 1 atom stereocenters. The zero-order valence-electron chi connectivity index (χ0n) is 22.2. The number of nitrogens with zero attached hydrogens (tertiary/aromatic N) is 1. The third-order valence-electron chi connectivity index (χ3n) is 4.36. The van der Waals surface area contributed by atoms with Crippen LogP contribution in [0.25, 0.3) is 0 Å². The van der Waals surface area contributed by atoms with E-state index in [0.717, 1.165) is 57.2 Å². The fourth-order valence-corrected chi connectivity index (χ4v) is 3.13. The number of carbonyl (C=O) groups excluding carboxylic acids is 3. The molecule has 3 N–H and O–H groups in total. The SMILES string of the molecule is C=CC.CC.CC.CC=O.CCCN(C(=O)Cc1ccc(C(N)=O)cc1)C1CCCNCC1. The van der Waals surface area contributed by atoms with E-state index >= 15 is 0 Å². The van der Waals surface area contributed by atoms with Crippen LogP contribution in [0.2, 0.25) is 0 Å². The molecule has 1 unspecified atom stereocenters. The number of primary amides is 1. The monoisotopic (exact) mass is 463 g/mol. The van der Waals surface area contributed by atoms with Crippen LogP contribution >= 0.6 is 0 Å². The van der Waals surface area contributed by atoms with E-state index in [-0.39, 0.29) is 5.91 Å². The summed E-state index contributed by atoms with van der Waals surface area (Å²) < 4.78 is 0. The number of allylic oxidation sites excluding steroid dienone is 1. The van der Waals surface area contributed by atoms with Crippen molar-refractivity contribution in [2.75, 3.05) is 19.6 Å². The Balaban J connectivity index is -0.000000779. The summed E-state index contributed by atoms with van der Waals surface area (Å²) in [6.45, 7) is 19.6. The molecule has 1 aromatic rings. The van der Waals surface area contributed by atoms with E-state index in [4.69, 9.17) is 10.5 Å². The Labute approximate surface area is 203 Å². The summed E-state index contributed by atoms with van der Waals surface area (Å²) in [6.07, 6.45) is 7.05. The number of carbonyl (C=O) groups is 3. The van der Waals surface area contributed by atoms with Crippen molar-refractivity contribution in [2.24, 2.45) is 5.73 Å². The van der Waals surface area contributed by atoms with Crippen molar-refractivity contribution in [3.8, 4) is 0 Å². The van der Waals surface area contributed by atoms with Gasteiger partial charge in [0.2, 0.25) is 11.8 Å². The Morgan fingerprint density at radius 3 is 2.06 bits per heavy atom. The zero-order chi connectivity index (χ0) is 26.1. The zero-order valence-corrected chi connectivity index (χ0v) is 22.2. The van der Waals surface area contributed by atoms with Gasteiger partial charge in [-0.25, -0.2) is 0 Å². The maximum absolute atomic E-state index is 12.7. The first kappa shape index (κ1) is 35.1. The van der Waals surface area contributed by atoms with Gasteiger partial charge in [-0.3, -0.25) is 9.59 Å². The Kier molecular flexibility index (Phi) is 27.4. The highest BCUT2D eigenvalue weighted by atomic mass is 16.2. The lowest BCUT2D eigenvalue weighted by Gasteiger charge is -2.31. The van der Waals surface area contributed by atoms with E-state index in [1.165, 1.54) is 6.92 Å². The van der Waals surface area contributed by atoms with Crippen LogP contribution in [0, 0.1) is 0 Å². The Morgan fingerprint density at radius 2 is 1.61 bits per heavy atom. The van der Waals surface area contributed by atoms with Crippen molar-refractivity contribution in [1.29, 1.82) is 0 Å². The Morgan fingerprint density at radius 1 is 1.09 bits per heavy atom. The van der Waals surface area contributed by atoms with Gasteiger partial charge in [-0.2, -0.15) is 0 Å². The molecule has 0 bridgehead atoms. The average Bonchev–Trinajstić information content (AvgIpc) is 3.11. The minimum Gasteiger partial charge on any atom is -0.366 e. The highest BCUT2D eigenvalue weighted by Gasteiger charge is 2.23. The largest absolute Gasteiger partial charge is 0.366 e. The van der Waals surface area contributed by atoms with Gasteiger partial charge in [-0.05, 0) is 70.3 Å². The molecule has 6 nitrogen and oxygen atoms in total. The van der Waals surface area contributed by atoms with Gasteiger partial charge < -0.3 is 20.7 Å². The van der Waals surface area contributed by atoms with Crippen molar-refractivity contribution < 1.29 is 14.4 Å². The van der Waals surface area contributed by atoms with Gasteiger partial charge in [-0.15, -0.1) is 6.58 Å². The number of hydrogen-bond acceptors (Lipinski definition) is 4. The first-order valence-electron chi connectivity index (χ1n) is 12.3. The van der Waals surface area contributed by atoms with Crippen molar-refractivity contribution in [3.63, 3.8) is 0 Å². The molecule has 0 saturated carbocycles. The molecule has 0 aromatic heterocycles. The molecular weight excluding hydrogens is 414 g/mol. The van der Waals surface area contributed by atoms with Gasteiger partial charge in [0, 0.05) is 18.2 Å². The van der Waals surface area contributed by atoms with Gasteiger partial charge in [0.1, 0.15) is 6.29 Å². The van der Waals surface area contributed by atoms with Crippen LogP contribution in [0.1, 0.15) is 90.1 Å². The molecule has 1 saturated heterocycles. The summed E-state index contributed by atoms with van der Waals surface area (Å²) >= 11 is 0. The van der Waals surface area contributed by atoms with E-state index in [9.17, 15) is 9.59 Å². The fraction of sp³-hybridized carbons (Fsp3) is 0.593. The molecular formula is C27H49N3O3. The first-order chi connectivity index (χ1) is 15.9. The highest BCUT2D eigenvalue weighted by molar-refractivity contribution is 5.92. The molecule has 33 heavy (non-hydrogen) atoms. The molecule has 1 aliphatic rings. The molecule has 0 aliphatic carbocycles. The number of nitrogens with two attached hydrogens (primary N) is 1.